The van der Waals surface area contributed by atoms with Crippen molar-refractivity contribution in [3.05, 3.63) is 23.3 Å². The number of hydrogen-bond acceptors (Lipinski definition) is 2. The van der Waals surface area contributed by atoms with Gasteiger partial charge in [0.25, 0.3) is 0 Å². The molecule has 0 saturated heterocycles. The topological polar surface area (TPSA) is 25.8 Å². The van der Waals surface area contributed by atoms with E-state index in [1.807, 2.05) is 0 Å². The fourth-order valence-electron chi connectivity index (χ4n) is 0.829. The molecule has 0 unspecified atom stereocenters. The summed E-state index contributed by atoms with van der Waals surface area (Å²) in [7, 11) is 0. The smallest absolute Gasteiger partial charge is 0.230 e. The molecule has 6 heteroatoms. The van der Waals surface area contributed by atoms with Gasteiger partial charge >= 0.3 is 6.18 Å². The van der Waals surface area contributed by atoms with Crippen LogP contribution in [0, 0.1) is 6.92 Å². The third-order valence-electron chi connectivity index (χ3n) is 1.30. The summed E-state index contributed by atoms with van der Waals surface area (Å²) >= 11 is 3.03. The average Bonchev–Trinajstić information content (AvgIpc) is 2.01. The highest BCUT2D eigenvalue weighted by atomic mass is 79.9. The summed E-state index contributed by atoms with van der Waals surface area (Å²) in [4.78, 5) is 6.64. The third-order valence-corrected chi connectivity index (χ3v) is 1.87. The molecule has 0 N–H and O–H groups in total. The van der Waals surface area contributed by atoms with E-state index >= 15 is 0 Å². The zero-order valence-electron chi connectivity index (χ0n) is 6.69. The second-order valence-corrected chi connectivity index (χ2v) is 3.02. The number of rotatable bonds is 1. The highest BCUT2D eigenvalue weighted by Gasteiger charge is 2.34. The van der Waals surface area contributed by atoms with Gasteiger partial charge in [0.05, 0.1) is 5.69 Å². The summed E-state index contributed by atoms with van der Waals surface area (Å²) in [6, 6.07) is 1.50. The molecular weight excluding hydrogens is 249 g/mol. The van der Waals surface area contributed by atoms with Crippen molar-refractivity contribution in [1.82, 2.24) is 9.97 Å². The largest absolute Gasteiger partial charge is 0.451 e. The van der Waals surface area contributed by atoms with E-state index in [0.717, 1.165) is 0 Å². The quantitative estimate of drug-likeness (QED) is 0.721. The summed E-state index contributed by atoms with van der Waals surface area (Å²) in [6.07, 6.45) is -4.47. The lowest BCUT2D eigenvalue weighted by Gasteiger charge is -2.06. The van der Waals surface area contributed by atoms with E-state index in [1.54, 1.807) is 0 Å². The minimum atomic E-state index is -4.47. The Kier molecular flexibility index (Phi) is 2.90. The predicted octanol–water partition coefficient (Wildman–Crippen LogP) is 2.70. The highest BCUT2D eigenvalue weighted by molar-refractivity contribution is 9.08. The first kappa shape index (κ1) is 10.4. The van der Waals surface area contributed by atoms with Crippen molar-refractivity contribution >= 4 is 15.9 Å². The predicted molar refractivity (Wildman–Crippen MR) is 44.4 cm³/mol. The third kappa shape index (κ3) is 2.65. The number of hydrogen-bond donors (Lipinski definition) is 0. The molecule has 0 aliphatic carbocycles. The van der Waals surface area contributed by atoms with Gasteiger partial charge in [-0.25, -0.2) is 9.97 Å². The van der Waals surface area contributed by atoms with Crippen LogP contribution in [0.1, 0.15) is 17.2 Å². The fourth-order valence-corrected chi connectivity index (χ4v) is 1.12. The van der Waals surface area contributed by atoms with Gasteiger partial charge in [-0.2, -0.15) is 13.2 Å². The molecule has 0 bridgehead atoms. The van der Waals surface area contributed by atoms with Crippen molar-refractivity contribution < 1.29 is 13.2 Å². The normalized spacial score (nSPS) is 11.8. The van der Waals surface area contributed by atoms with Crippen LogP contribution in [0.3, 0.4) is 0 Å². The van der Waals surface area contributed by atoms with Crippen molar-refractivity contribution in [2.24, 2.45) is 0 Å². The van der Waals surface area contributed by atoms with Gasteiger partial charge in [0, 0.05) is 11.0 Å². The van der Waals surface area contributed by atoms with Gasteiger partial charge in [0.2, 0.25) is 5.82 Å². The van der Waals surface area contributed by atoms with Crippen LogP contribution < -0.4 is 0 Å². The molecule has 1 heterocycles. The summed E-state index contributed by atoms with van der Waals surface area (Å²) in [5, 5.41) is 0.291. The Morgan fingerprint density at radius 1 is 1.38 bits per heavy atom. The first-order valence-electron chi connectivity index (χ1n) is 3.41. The second kappa shape index (κ2) is 3.61. The Bertz CT molecular complexity index is 311. The van der Waals surface area contributed by atoms with E-state index in [4.69, 9.17) is 0 Å². The highest BCUT2D eigenvalue weighted by Crippen LogP contribution is 2.26. The van der Waals surface area contributed by atoms with Gasteiger partial charge in [0.15, 0.2) is 0 Å². The maximum Gasteiger partial charge on any atom is 0.451 e. The Morgan fingerprint density at radius 3 is 2.46 bits per heavy atom. The first-order chi connectivity index (χ1) is 5.93. The average molecular weight is 255 g/mol. The van der Waals surface area contributed by atoms with Crippen LogP contribution in [-0.4, -0.2) is 9.97 Å². The Morgan fingerprint density at radius 2 is 2.00 bits per heavy atom. The van der Waals surface area contributed by atoms with Crippen LogP contribution in [0.5, 0.6) is 0 Å². The molecule has 0 atom stereocenters. The van der Waals surface area contributed by atoms with Gasteiger partial charge in [-0.1, -0.05) is 15.9 Å². The number of aromatic nitrogens is 2. The molecule has 0 amide bonds. The van der Waals surface area contributed by atoms with Gasteiger partial charge in [0.1, 0.15) is 0 Å². The fraction of sp³-hybridized carbons (Fsp3) is 0.429. The lowest BCUT2D eigenvalue weighted by atomic mass is 10.3. The molecule has 72 valence electrons. The monoisotopic (exact) mass is 254 g/mol. The van der Waals surface area contributed by atoms with Crippen LogP contribution in [0.2, 0.25) is 0 Å². The number of alkyl halides is 4. The zero-order chi connectivity index (χ0) is 10.1. The first-order valence-corrected chi connectivity index (χ1v) is 4.53. The number of halogens is 4. The standard InChI is InChI=1S/C7H6BrF3N2/c1-4-2-5(3-8)13-6(12-4)7(9,10)11/h2H,3H2,1H3. The van der Waals surface area contributed by atoms with Crippen molar-refractivity contribution in [3.8, 4) is 0 Å². The van der Waals surface area contributed by atoms with Gasteiger partial charge in [-0.05, 0) is 13.0 Å². The minimum absolute atomic E-state index is 0.291. The molecule has 1 rings (SSSR count). The van der Waals surface area contributed by atoms with Gasteiger partial charge in [-0.15, -0.1) is 0 Å². The van der Waals surface area contributed by atoms with Crippen LogP contribution in [0.25, 0.3) is 0 Å². The molecule has 0 aromatic carbocycles. The Hall–Kier alpha value is -0.650. The molecule has 13 heavy (non-hydrogen) atoms. The molecule has 0 radical (unpaired) electrons. The molecule has 0 fully saturated rings. The minimum Gasteiger partial charge on any atom is -0.230 e. The van der Waals surface area contributed by atoms with Crippen molar-refractivity contribution in [2.45, 2.75) is 18.4 Å². The van der Waals surface area contributed by atoms with Gasteiger partial charge < -0.3 is 0 Å². The van der Waals surface area contributed by atoms with Crippen LogP contribution in [0.15, 0.2) is 6.07 Å². The summed E-state index contributed by atoms with van der Waals surface area (Å²) in [5.41, 5.74) is 0.650. The van der Waals surface area contributed by atoms with E-state index in [9.17, 15) is 13.2 Å². The lowest BCUT2D eigenvalue weighted by molar-refractivity contribution is -0.145. The molecule has 0 aliphatic heterocycles. The van der Waals surface area contributed by atoms with E-state index < -0.39 is 12.0 Å². The van der Waals surface area contributed by atoms with Crippen molar-refractivity contribution in [3.63, 3.8) is 0 Å². The van der Waals surface area contributed by atoms with E-state index in [2.05, 4.69) is 25.9 Å². The van der Waals surface area contributed by atoms with Crippen molar-refractivity contribution in [1.29, 1.82) is 0 Å². The molecular formula is C7H6BrF3N2. The molecule has 2 nitrogen and oxygen atoms in total. The number of aryl methyl sites for hydroxylation is 1. The van der Waals surface area contributed by atoms with E-state index in [1.165, 1.54) is 13.0 Å². The lowest BCUT2D eigenvalue weighted by Crippen LogP contribution is -2.12. The molecule has 0 saturated carbocycles. The van der Waals surface area contributed by atoms with E-state index in [0.29, 0.717) is 16.7 Å². The molecule has 0 aliphatic rings. The van der Waals surface area contributed by atoms with Crippen LogP contribution in [0.4, 0.5) is 13.2 Å². The van der Waals surface area contributed by atoms with Crippen LogP contribution >= 0.6 is 15.9 Å². The molecule has 0 spiro atoms. The second-order valence-electron chi connectivity index (χ2n) is 2.46. The van der Waals surface area contributed by atoms with Gasteiger partial charge in [-0.3, -0.25) is 0 Å². The Labute approximate surface area is 81.3 Å². The summed E-state index contributed by atoms with van der Waals surface area (Å²) < 4.78 is 36.4. The zero-order valence-corrected chi connectivity index (χ0v) is 8.28. The summed E-state index contributed by atoms with van der Waals surface area (Å²) in [6.45, 7) is 1.50. The van der Waals surface area contributed by atoms with Crippen LogP contribution in [-0.2, 0) is 11.5 Å². The molecule has 1 aromatic heterocycles. The Balaban J connectivity index is 3.16. The maximum atomic E-state index is 12.1. The van der Waals surface area contributed by atoms with E-state index in [-0.39, 0.29) is 0 Å². The molecule has 1 aromatic rings. The number of nitrogens with zero attached hydrogens (tertiary/aromatic N) is 2. The summed E-state index contributed by atoms with van der Waals surface area (Å²) in [5.74, 6) is -1.08. The maximum absolute atomic E-state index is 12.1. The van der Waals surface area contributed by atoms with Crippen molar-refractivity contribution in [2.75, 3.05) is 0 Å². The SMILES string of the molecule is Cc1cc(CBr)nc(C(F)(F)F)n1.